The Balaban J connectivity index is 2.36. The van der Waals surface area contributed by atoms with Crippen LogP contribution in [0.2, 0.25) is 0 Å². The lowest BCUT2D eigenvalue weighted by Crippen LogP contribution is -2.34. The summed E-state index contributed by atoms with van der Waals surface area (Å²) in [4.78, 5) is 0. The molecular formula is C12H17NO. The van der Waals surface area contributed by atoms with Gasteiger partial charge >= 0.3 is 0 Å². The number of nitrogens with two attached hydrogens (primary N) is 1. The van der Waals surface area contributed by atoms with E-state index >= 15 is 0 Å². The maximum atomic E-state index is 5.85. The van der Waals surface area contributed by atoms with Crippen molar-refractivity contribution < 1.29 is 4.74 Å². The van der Waals surface area contributed by atoms with Gasteiger partial charge in [-0.05, 0) is 37.5 Å². The molecule has 0 saturated carbocycles. The van der Waals surface area contributed by atoms with Crippen molar-refractivity contribution in [1.82, 2.24) is 0 Å². The molecule has 1 aliphatic heterocycles. The van der Waals surface area contributed by atoms with Crippen molar-refractivity contribution >= 4 is 0 Å². The zero-order valence-electron chi connectivity index (χ0n) is 9.00. The van der Waals surface area contributed by atoms with Crippen molar-refractivity contribution in [3.05, 3.63) is 28.8 Å². The van der Waals surface area contributed by atoms with Crippen LogP contribution in [0.1, 0.15) is 23.6 Å². The van der Waals surface area contributed by atoms with E-state index in [0.29, 0.717) is 0 Å². The first-order valence-corrected chi connectivity index (χ1v) is 5.11. The fraction of sp³-hybridized carbons (Fsp3) is 0.500. The predicted molar refractivity (Wildman–Crippen MR) is 57.7 cm³/mol. The van der Waals surface area contributed by atoms with Gasteiger partial charge in [0.2, 0.25) is 0 Å². The van der Waals surface area contributed by atoms with Gasteiger partial charge in [-0.15, -0.1) is 0 Å². The van der Waals surface area contributed by atoms with Crippen LogP contribution in [0.15, 0.2) is 12.1 Å². The second-order valence-electron chi connectivity index (χ2n) is 4.22. The van der Waals surface area contributed by atoms with Crippen molar-refractivity contribution in [3.63, 3.8) is 0 Å². The minimum absolute atomic E-state index is 0.0992. The summed E-state index contributed by atoms with van der Waals surface area (Å²) in [6.45, 7) is 6.22. The molecule has 0 aromatic heterocycles. The highest BCUT2D eigenvalue weighted by Gasteiger charge is 2.27. The monoisotopic (exact) mass is 191 g/mol. The number of fused-ring (bicyclic) bond motifs is 1. The van der Waals surface area contributed by atoms with E-state index in [0.717, 1.165) is 12.2 Å². The van der Waals surface area contributed by atoms with Gasteiger partial charge in [0.15, 0.2) is 0 Å². The van der Waals surface area contributed by atoms with E-state index in [1.165, 1.54) is 16.7 Å². The fourth-order valence-electron chi connectivity index (χ4n) is 1.87. The molecule has 2 N–H and O–H groups in total. The third kappa shape index (κ3) is 1.40. The van der Waals surface area contributed by atoms with Gasteiger partial charge in [-0.1, -0.05) is 12.1 Å². The van der Waals surface area contributed by atoms with E-state index in [1.807, 2.05) is 6.92 Å². The standard InChI is InChI=1S/C12H17NO/c1-7-4-5-10-6-11(9(3)13)14-12(10)8(7)2/h4-5,9,11H,6,13H2,1-3H3. The minimum Gasteiger partial charge on any atom is -0.488 e. The molecule has 2 nitrogen and oxygen atoms in total. The SMILES string of the molecule is Cc1ccc2c(c1C)OC(C(C)N)C2. The molecular weight excluding hydrogens is 174 g/mol. The molecule has 1 heterocycles. The summed E-state index contributed by atoms with van der Waals surface area (Å²) in [5.41, 5.74) is 9.68. The first kappa shape index (κ1) is 9.53. The Hall–Kier alpha value is -1.02. The highest BCUT2D eigenvalue weighted by atomic mass is 16.5. The fourth-order valence-corrected chi connectivity index (χ4v) is 1.87. The molecule has 0 bridgehead atoms. The van der Waals surface area contributed by atoms with Crippen molar-refractivity contribution in [2.24, 2.45) is 5.73 Å². The summed E-state index contributed by atoms with van der Waals surface area (Å²) in [7, 11) is 0. The van der Waals surface area contributed by atoms with Gasteiger partial charge < -0.3 is 10.5 Å². The first-order valence-electron chi connectivity index (χ1n) is 5.11. The van der Waals surface area contributed by atoms with Crippen LogP contribution < -0.4 is 10.5 Å². The lowest BCUT2D eigenvalue weighted by molar-refractivity contribution is 0.205. The Morgan fingerprint density at radius 3 is 2.79 bits per heavy atom. The number of hydrogen-bond acceptors (Lipinski definition) is 2. The maximum Gasteiger partial charge on any atom is 0.126 e. The Morgan fingerprint density at radius 1 is 1.43 bits per heavy atom. The molecule has 0 aliphatic carbocycles. The van der Waals surface area contributed by atoms with Crippen molar-refractivity contribution in [2.75, 3.05) is 0 Å². The molecule has 0 spiro atoms. The lowest BCUT2D eigenvalue weighted by atomic mass is 10.0. The third-order valence-corrected chi connectivity index (χ3v) is 3.04. The van der Waals surface area contributed by atoms with Crippen LogP contribution in [0, 0.1) is 13.8 Å². The van der Waals surface area contributed by atoms with Crippen LogP contribution in [0.25, 0.3) is 0 Å². The average Bonchev–Trinajstić information content (AvgIpc) is 2.56. The number of hydrogen-bond donors (Lipinski definition) is 1. The molecule has 2 unspecified atom stereocenters. The van der Waals surface area contributed by atoms with Crippen LogP contribution in [0.3, 0.4) is 0 Å². The summed E-state index contributed by atoms with van der Waals surface area (Å²) in [6, 6.07) is 4.41. The molecule has 14 heavy (non-hydrogen) atoms. The molecule has 0 saturated heterocycles. The topological polar surface area (TPSA) is 35.2 Å². The van der Waals surface area contributed by atoms with Crippen LogP contribution in [-0.4, -0.2) is 12.1 Å². The van der Waals surface area contributed by atoms with E-state index in [-0.39, 0.29) is 12.1 Å². The Morgan fingerprint density at radius 2 is 2.14 bits per heavy atom. The van der Waals surface area contributed by atoms with Crippen LogP contribution >= 0.6 is 0 Å². The number of rotatable bonds is 1. The van der Waals surface area contributed by atoms with E-state index in [1.54, 1.807) is 0 Å². The summed E-state index contributed by atoms with van der Waals surface area (Å²) in [5, 5.41) is 0. The largest absolute Gasteiger partial charge is 0.488 e. The first-order chi connectivity index (χ1) is 6.59. The van der Waals surface area contributed by atoms with Gasteiger partial charge in [0.1, 0.15) is 11.9 Å². The molecule has 0 fully saturated rings. The summed E-state index contributed by atoms with van der Waals surface area (Å²) in [5.74, 6) is 1.06. The van der Waals surface area contributed by atoms with Crippen LogP contribution in [0.5, 0.6) is 5.75 Å². The summed E-state index contributed by atoms with van der Waals surface area (Å²) < 4.78 is 5.85. The predicted octanol–water partition coefficient (Wildman–Crippen LogP) is 1.95. The van der Waals surface area contributed by atoms with E-state index in [9.17, 15) is 0 Å². The normalized spacial score (nSPS) is 21.6. The Kier molecular flexibility index (Phi) is 2.23. The summed E-state index contributed by atoms with van der Waals surface area (Å²) in [6.07, 6.45) is 1.11. The zero-order valence-corrected chi connectivity index (χ0v) is 9.00. The zero-order chi connectivity index (χ0) is 10.3. The van der Waals surface area contributed by atoms with Crippen molar-refractivity contribution in [3.8, 4) is 5.75 Å². The molecule has 1 aromatic carbocycles. The molecule has 1 aliphatic rings. The molecule has 0 radical (unpaired) electrons. The highest BCUT2D eigenvalue weighted by molar-refractivity contribution is 5.48. The van der Waals surface area contributed by atoms with Gasteiger partial charge in [-0.2, -0.15) is 0 Å². The summed E-state index contributed by atoms with van der Waals surface area (Å²) >= 11 is 0. The van der Waals surface area contributed by atoms with E-state index < -0.39 is 0 Å². The maximum absolute atomic E-state index is 5.85. The smallest absolute Gasteiger partial charge is 0.126 e. The van der Waals surface area contributed by atoms with Crippen molar-refractivity contribution in [1.29, 1.82) is 0 Å². The van der Waals surface area contributed by atoms with E-state index in [4.69, 9.17) is 10.5 Å². The Labute approximate surface area is 85.1 Å². The van der Waals surface area contributed by atoms with Gasteiger partial charge in [-0.25, -0.2) is 0 Å². The lowest BCUT2D eigenvalue weighted by Gasteiger charge is -2.15. The van der Waals surface area contributed by atoms with Gasteiger partial charge in [-0.3, -0.25) is 0 Å². The molecule has 2 heteroatoms. The average molecular weight is 191 g/mol. The molecule has 2 atom stereocenters. The van der Waals surface area contributed by atoms with Gasteiger partial charge in [0.05, 0.1) is 0 Å². The second-order valence-corrected chi connectivity index (χ2v) is 4.22. The molecule has 2 rings (SSSR count). The Bertz CT molecular complexity index is 358. The number of aryl methyl sites for hydroxylation is 1. The van der Waals surface area contributed by atoms with Crippen LogP contribution in [0.4, 0.5) is 0 Å². The molecule has 0 amide bonds. The minimum atomic E-state index is 0.0992. The number of ether oxygens (including phenoxy) is 1. The van der Waals surface area contributed by atoms with E-state index in [2.05, 4.69) is 26.0 Å². The van der Waals surface area contributed by atoms with Crippen molar-refractivity contribution in [2.45, 2.75) is 39.3 Å². The van der Waals surface area contributed by atoms with Crippen LogP contribution in [-0.2, 0) is 6.42 Å². The van der Waals surface area contributed by atoms with Gasteiger partial charge in [0.25, 0.3) is 0 Å². The number of benzene rings is 1. The third-order valence-electron chi connectivity index (χ3n) is 3.04. The second kappa shape index (κ2) is 3.28. The molecule has 76 valence electrons. The van der Waals surface area contributed by atoms with Gasteiger partial charge in [0, 0.05) is 12.5 Å². The quantitative estimate of drug-likeness (QED) is 0.736. The molecule has 1 aromatic rings. The highest BCUT2D eigenvalue weighted by Crippen LogP contribution is 2.34.